The molecule has 0 amide bonds. The summed E-state index contributed by atoms with van der Waals surface area (Å²) in [5, 5.41) is 30.4. The number of hydrogen-bond donors (Lipinski definition) is 5. The molecule has 0 saturated carbocycles. The number of nitrogens with one attached hydrogen (secondary N) is 4. The molecule has 7 nitrogen and oxygen atoms in total. The second-order valence-electron chi connectivity index (χ2n) is 9.33. The largest absolute Gasteiger partial charge is 0.507 e. The molecule has 31 heavy (non-hydrogen) atoms. The molecule has 1 fully saturated rings. The standard InChI is InChI=1S/C24H30N4O3/c1-23(2)13-17(14-24(3,4)28-23)31-21(26)8-7-19(25)18-6-5-15(11-20(18)29)16-9-10-27-22(30)12-16/h5-12,17,25-26,28-29H,13-14H2,1-4H3,(H,27,30)/b8-7-,25-19?,26-21?. The minimum Gasteiger partial charge on any atom is -0.507 e. The first-order valence-corrected chi connectivity index (χ1v) is 10.3. The lowest BCUT2D eigenvalue weighted by Gasteiger charge is -2.46. The van der Waals surface area contributed by atoms with Crippen LogP contribution in [0.15, 0.2) is 53.5 Å². The molecule has 0 atom stereocenters. The van der Waals surface area contributed by atoms with E-state index in [1.165, 1.54) is 24.3 Å². The zero-order chi connectivity index (χ0) is 22.8. The normalized spacial score (nSPS) is 18.1. The van der Waals surface area contributed by atoms with Gasteiger partial charge in [0.25, 0.3) is 0 Å². The highest BCUT2D eigenvalue weighted by atomic mass is 16.5. The molecule has 1 saturated heterocycles. The van der Waals surface area contributed by atoms with Crippen LogP contribution < -0.4 is 10.9 Å². The van der Waals surface area contributed by atoms with Crippen LogP contribution in [-0.2, 0) is 4.74 Å². The fraction of sp³-hybridized carbons (Fsp3) is 0.375. The first kappa shape index (κ1) is 22.5. The van der Waals surface area contributed by atoms with Gasteiger partial charge in [-0.2, -0.15) is 0 Å². The summed E-state index contributed by atoms with van der Waals surface area (Å²) in [4.78, 5) is 14.0. The van der Waals surface area contributed by atoms with Crippen LogP contribution in [0.25, 0.3) is 11.1 Å². The van der Waals surface area contributed by atoms with Crippen LogP contribution in [-0.4, -0.2) is 38.9 Å². The number of aromatic nitrogens is 1. The molecular formula is C24H30N4O3. The van der Waals surface area contributed by atoms with E-state index < -0.39 is 0 Å². The first-order chi connectivity index (χ1) is 14.4. The Morgan fingerprint density at radius 2 is 1.71 bits per heavy atom. The van der Waals surface area contributed by atoms with Crippen molar-refractivity contribution < 1.29 is 9.84 Å². The van der Waals surface area contributed by atoms with Gasteiger partial charge in [0.05, 0.1) is 5.71 Å². The second kappa shape index (κ2) is 8.51. The van der Waals surface area contributed by atoms with Gasteiger partial charge in [-0.1, -0.05) is 6.07 Å². The summed E-state index contributed by atoms with van der Waals surface area (Å²) in [6, 6.07) is 8.08. The summed E-state index contributed by atoms with van der Waals surface area (Å²) < 4.78 is 5.83. The Morgan fingerprint density at radius 3 is 2.32 bits per heavy atom. The maximum absolute atomic E-state index is 11.5. The van der Waals surface area contributed by atoms with Crippen molar-refractivity contribution in [3.05, 3.63) is 64.6 Å². The van der Waals surface area contributed by atoms with Gasteiger partial charge in [0.2, 0.25) is 11.5 Å². The van der Waals surface area contributed by atoms with E-state index in [0.717, 1.165) is 12.8 Å². The zero-order valence-electron chi connectivity index (χ0n) is 18.4. The predicted molar refractivity (Wildman–Crippen MR) is 123 cm³/mol. The van der Waals surface area contributed by atoms with Crippen molar-refractivity contribution in [2.45, 2.75) is 57.7 Å². The van der Waals surface area contributed by atoms with Gasteiger partial charge in [-0.15, -0.1) is 0 Å². The van der Waals surface area contributed by atoms with E-state index in [-0.39, 0.29) is 40.1 Å². The van der Waals surface area contributed by atoms with E-state index >= 15 is 0 Å². The van der Waals surface area contributed by atoms with Crippen LogP contribution in [0, 0.1) is 10.8 Å². The summed E-state index contributed by atoms with van der Waals surface area (Å²) in [5.74, 6) is -0.0791. The fourth-order valence-electron chi connectivity index (χ4n) is 4.34. The van der Waals surface area contributed by atoms with Gasteiger partial charge < -0.3 is 25.6 Å². The lowest BCUT2D eigenvalue weighted by atomic mass is 9.81. The molecule has 1 aliphatic heterocycles. The Bertz CT molecular complexity index is 1070. The van der Waals surface area contributed by atoms with Gasteiger partial charge in [0, 0.05) is 47.8 Å². The Morgan fingerprint density at radius 1 is 1.06 bits per heavy atom. The number of H-pyrrole nitrogens is 1. The number of piperidine rings is 1. The SMILES string of the molecule is CC1(C)CC(OC(=N)/C=C\C(=N)c2ccc(-c3cc[nH]c(=O)c3)cc2O)CC(C)(C)N1. The third kappa shape index (κ3) is 5.92. The number of aromatic amines is 1. The number of aromatic hydroxyl groups is 1. The molecular weight excluding hydrogens is 392 g/mol. The van der Waals surface area contributed by atoms with Crippen LogP contribution in [0.5, 0.6) is 5.75 Å². The van der Waals surface area contributed by atoms with Crippen molar-refractivity contribution in [2.75, 3.05) is 0 Å². The van der Waals surface area contributed by atoms with E-state index in [4.69, 9.17) is 15.6 Å². The number of rotatable bonds is 5. The number of hydrogen-bond acceptors (Lipinski definition) is 6. The minimum atomic E-state index is -0.226. The maximum atomic E-state index is 11.5. The molecule has 0 spiro atoms. The highest BCUT2D eigenvalue weighted by molar-refractivity contribution is 6.10. The molecule has 164 valence electrons. The molecule has 2 aromatic rings. The van der Waals surface area contributed by atoms with Crippen LogP contribution in [0.2, 0.25) is 0 Å². The van der Waals surface area contributed by atoms with Crippen molar-refractivity contribution in [3.8, 4) is 16.9 Å². The van der Waals surface area contributed by atoms with Crippen LogP contribution in [0.1, 0.15) is 46.1 Å². The average molecular weight is 423 g/mol. The smallest absolute Gasteiger partial charge is 0.248 e. The molecule has 0 bridgehead atoms. The van der Waals surface area contributed by atoms with Crippen molar-refractivity contribution in [1.29, 1.82) is 10.8 Å². The van der Waals surface area contributed by atoms with E-state index in [1.54, 1.807) is 24.4 Å². The summed E-state index contributed by atoms with van der Waals surface area (Å²) >= 11 is 0. The number of allylic oxidation sites excluding steroid dienone is 1. The van der Waals surface area contributed by atoms with Gasteiger partial charge in [0.1, 0.15) is 11.9 Å². The molecule has 2 heterocycles. The van der Waals surface area contributed by atoms with Crippen molar-refractivity contribution in [2.24, 2.45) is 0 Å². The molecule has 5 N–H and O–H groups in total. The molecule has 1 aliphatic rings. The van der Waals surface area contributed by atoms with Gasteiger partial charge in [-0.25, -0.2) is 0 Å². The molecule has 7 heteroatoms. The molecule has 0 radical (unpaired) electrons. The van der Waals surface area contributed by atoms with Gasteiger partial charge in [-0.05, 0) is 63.1 Å². The summed E-state index contributed by atoms with van der Waals surface area (Å²) in [5.41, 5.74) is 1.36. The predicted octanol–water partition coefficient (Wildman–Crippen LogP) is 3.97. The Labute approximate surface area is 182 Å². The summed E-state index contributed by atoms with van der Waals surface area (Å²) in [7, 11) is 0. The van der Waals surface area contributed by atoms with Crippen LogP contribution in [0.4, 0.5) is 0 Å². The Hall–Kier alpha value is -3.19. The second-order valence-corrected chi connectivity index (χ2v) is 9.33. The Kier molecular flexibility index (Phi) is 6.18. The first-order valence-electron chi connectivity index (χ1n) is 10.3. The highest BCUT2D eigenvalue weighted by Gasteiger charge is 2.38. The fourth-order valence-corrected chi connectivity index (χ4v) is 4.34. The zero-order valence-corrected chi connectivity index (χ0v) is 18.4. The number of pyridine rings is 1. The summed E-state index contributed by atoms with van der Waals surface area (Å²) in [6.45, 7) is 8.49. The quantitative estimate of drug-likeness (QED) is 0.369. The van der Waals surface area contributed by atoms with E-state index in [0.29, 0.717) is 16.7 Å². The van der Waals surface area contributed by atoms with Crippen molar-refractivity contribution in [3.63, 3.8) is 0 Å². The summed E-state index contributed by atoms with van der Waals surface area (Å²) in [6.07, 6.45) is 5.92. The van der Waals surface area contributed by atoms with Crippen LogP contribution in [0.3, 0.4) is 0 Å². The Balaban J connectivity index is 1.67. The van der Waals surface area contributed by atoms with Crippen LogP contribution >= 0.6 is 0 Å². The third-order valence-corrected chi connectivity index (χ3v) is 5.24. The van der Waals surface area contributed by atoms with Gasteiger partial charge >= 0.3 is 0 Å². The van der Waals surface area contributed by atoms with Gasteiger partial charge in [-0.3, -0.25) is 10.2 Å². The highest BCUT2D eigenvalue weighted by Crippen LogP contribution is 2.30. The molecule has 0 unspecified atom stereocenters. The lowest BCUT2D eigenvalue weighted by molar-refractivity contribution is 0.0485. The molecule has 1 aromatic carbocycles. The molecule has 3 rings (SSSR count). The van der Waals surface area contributed by atoms with Gasteiger partial charge in [0.15, 0.2) is 0 Å². The number of phenols is 1. The van der Waals surface area contributed by atoms with E-state index in [1.807, 2.05) is 0 Å². The minimum absolute atomic E-state index is 0.0112. The number of phenolic OH excluding ortho intramolecular Hbond substituents is 1. The molecule has 1 aromatic heterocycles. The van der Waals surface area contributed by atoms with E-state index in [2.05, 4.69) is 38.0 Å². The lowest BCUT2D eigenvalue weighted by Crippen LogP contribution is -2.59. The maximum Gasteiger partial charge on any atom is 0.248 e. The topological polar surface area (TPSA) is 122 Å². The van der Waals surface area contributed by atoms with Crippen molar-refractivity contribution in [1.82, 2.24) is 10.3 Å². The molecule has 0 aliphatic carbocycles. The van der Waals surface area contributed by atoms with E-state index in [9.17, 15) is 9.90 Å². The monoisotopic (exact) mass is 422 g/mol. The average Bonchev–Trinajstić information content (AvgIpc) is 2.63. The third-order valence-electron chi connectivity index (χ3n) is 5.24. The van der Waals surface area contributed by atoms with Crippen molar-refractivity contribution >= 4 is 11.6 Å². The number of benzene rings is 1. The number of ether oxygens (including phenoxy) is 1.